The van der Waals surface area contributed by atoms with Crippen LogP contribution < -0.4 is 10.9 Å². The number of fused-ring (bicyclic) bond motifs is 1. The van der Waals surface area contributed by atoms with E-state index in [2.05, 4.69) is 10.3 Å². The molecular formula is C14H17N3O2S2. The summed E-state index contributed by atoms with van der Waals surface area (Å²) < 4.78 is 2.32. The van der Waals surface area contributed by atoms with Crippen LogP contribution in [0.3, 0.4) is 0 Å². The number of hydrogen-bond acceptors (Lipinski definition) is 5. The Kier molecular flexibility index (Phi) is 4.03. The molecule has 2 heterocycles. The van der Waals surface area contributed by atoms with Gasteiger partial charge in [0.25, 0.3) is 5.56 Å². The molecule has 0 aliphatic heterocycles. The first-order valence-electron chi connectivity index (χ1n) is 7.05. The van der Waals surface area contributed by atoms with Crippen LogP contribution in [0, 0.1) is 0 Å². The van der Waals surface area contributed by atoms with E-state index in [0.29, 0.717) is 28.0 Å². The Hall–Kier alpha value is -1.34. The fourth-order valence-corrected chi connectivity index (χ4v) is 3.81. The molecule has 0 aromatic carbocycles. The average Bonchev–Trinajstić information content (AvgIpc) is 3.14. The molecule has 7 heteroatoms. The monoisotopic (exact) mass is 323 g/mol. The number of hydrogen-bond donors (Lipinski definition) is 1. The van der Waals surface area contributed by atoms with Crippen molar-refractivity contribution in [2.45, 2.75) is 49.7 Å². The third-order valence-corrected chi connectivity index (χ3v) is 5.40. The predicted molar refractivity (Wildman–Crippen MR) is 86.0 cm³/mol. The van der Waals surface area contributed by atoms with Crippen molar-refractivity contribution in [3.63, 3.8) is 0 Å². The van der Waals surface area contributed by atoms with E-state index >= 15 is 0 Å². The lowest BCUT2D eigenvalue weighted by Crippen LogP contribution is -2.33. The van der Waals surface area contributed by atoms with Gasteiger partial charge in [0.05, 0.1) is 10.8 Å². The van der Waals surface area contributed by atoms with Crippen LogP contribution in [-0.2, 0) is 11.3 Å². The Morgan fingerprint density at radius 2 is 2.38 bits per heavy atom. The fraction of sp³-hybridized carbons (Fsp3) is 0.500. The Bertz CT molecular complexity index is 733. The van der Waals surface area contributed by atoms with Gasteiger partial charge in [0.15, 0.2) is 5.16 Å². The number of amides is 1. The van der Waals surface area contributed by atoms with Gasteiger partial charge in [-0.1, -0.05) is 11.8 Å². The van der Waals surface area contributed by atoms with Crippen LogP contribution in [0.1, 0.15) is 26.7 Å². The second kappa shape index (κ2) is 5.81. The molecule has 3 rings (SSSR count). The smallest absolute Gasteiger partial charge is 0.272 e. The lowest BCUT2D eigenvalue weighted by Gasteiger charge is -2.14. The van der Waals surface area contributed by atoms with E-state index in [1.54, 1.807) is 4.57 Å². The zero-order chi connectivity index (χ0) is 15.0. The Morgan fingerprint density at radius 3 is 3.05 bits per heavy atom. The number of nitrogens with one attached hydrogen (secondary N) is 1. The first-order valence-corrected chi connectivity index (χ1v) is 8.81. The molecular weight excluding hydrogens is 306 g/mol. The molecule has 112 valence electrons. The van der Waals surface area contributed by atoms with Gasteiger partial charge < -0.3 is 5.32 Å². The molecule has 1 aliphatic carbocycles. The molecule has 5 nitrogen and oxygen atoms in total. The Labute approximate surface area is 130 Å². The van der Waals surface area contributed by atoms with E-state index in [9.17, 15) is 9.59 Å². The molecule has 0 radical (unpaired) electrons. The highest BCUT2D eigenvalue weighted by Crippen LogP contribution is 2.25. The molecule has 1 N–H and O–H groups in total. The normalized spacial score (nSPS) is 16.1. The minimum atomic E-state index is -0.258. The van der Waals surface area contributed by atoms with Gasteiger partial charge in [-0.25, -0.2) is 4.98 Å². The van der Waals surface area contributed by atoms with E-state index in [-0.39, 0.29) is 16.7 Å². The molecule has 2 aromatic rings. The zero-order valence-corrected chi connectivity index (χ0v) is 13.6. The van der Waals surface area contributed by atoms with Crippen LogP contribution in [0.15, 0.2) is 21.4 Å². The predicted octanol–water partition coefficient (Wildman–Crippen LogP) is 2.24. The molecule has 0 spiro atoms. The summed E-state index contributed by atoms with van der Waals surface area (Å²) in [4.78, 5) is 29.0. The van der Waals surface area contributed by atoms with Gasteiger partial charge in [-0.3, -0.25) is 14.2 Å². The van der Waals surface area contributed by atoms with Crippen molar-refractivity contribution in [3.8, 4) is 0 Å². The standard InChI is InChI=1S/C14H17N3O2S2/c1-3-17-13(19)11-10(6-7-20-11)16-14(17)21-8(2)12(18)15-9-4-5-9/h6-9H,3-5H2,1-2H3,(H,15,18). The van der Waals surface area contributed by atoms with E-state index < -0.39 is 0 Å². The number of aromatic nitrogens is 2. The van der Waals surface area contributed by atoms with Crippen LogP contribution in [-0.4, -0.2) is 26.8 Å². The SMILES string of the molecule is CCn1c(SC(C)C(=O)NC2CC2)nc2ccsc2c1=O. The number of thioether (sulfide) groups is 1. The van der Waals surface area contributed by atoms with Crippen molar-refractivity contribution in [2.75, 3.05) is 0 Å². The van der Waals surface area contributed by atoms with Crippen LogP contribution in [0.5, 0.6) is 0 Å². The molecule has 0 saturated heterocycles. The first kappa shape index (κ1) is 14.6. The van der Waals surface area contributed by atoms with Crippen LogP contribution in [0.25, 0.3) is 10.2 Å². The fourth-order valence-electron chi connectivity index (χ4n) is 2.05. The van der Waals surface area contributed by atoms with Crippen molar-refractivity contribution < 1.29 is 4.79 Å². The summed E-state index contributed by atoms with van der Waals surface area (Å²) in [6, 6.07) is 2.20. The van der Waals surface area contributed by atoms with E-state index in [1.165, 1.54) is 23.1 Å². The maximum Gasteiger partial charge on any atom is 0.272 e. The van der Waals surface area contributed by atoms with Gasteiger partial charge in [-0.15, -0.1) is 11.3 Å². The molecule has 1 atom stereocenters. The molecule has 0 bridgehead atoms. The number of nitrogens with zero attached hydrogens (tertiary/aromatic N) is 2. The maximum absolute atomic E-state index is 12.4. The number of thiophene rings is 1. The van der Waals surface area contributed by atoms with Crippen molar-refractivity contribution in [1.29, 1.82) is 0 Å². The molecule has 2 aromatic heterocycles. The van der Waals surface area contributed by atoms with Crippen molar-refractivity contribution in [2.24, 2.45) is 0 Å². The summed E-state index contributed by atoms with van der Waals surface area (Å²) in [7, 11) is 0. The molecule has 21 heavy (non-hydrogen) atoms. The van der Waals surface area contributed by atoms with Crippen LogP contribution in [0.4, 0.5) is 0 Å². The molecule has 1 aliphatic rings. The second-order valence-electron chi connectivity index (χ2n) is 5.12. The van der Waals surface area contributed by atoms with E-state index in [1.807, 2.05) is 25.3 Å². The zero-order valence-electron chi connectivity index (χ0n) is 12.0. The van der Waals surface area contributed by atoms with Gasteiger partial charge in [0.1, 0.15) is 4.70 Å². The lowest BCUT2D eigenvalue weighted by molar-refractivity contribution is -0.120. The minimum absolute atomic E-state index is 0.0183. The summed E-state index contributed by atoms with van der Waals surface area (Å²) in [6.45, 7) is 4.33. The summed E-state index contributed by atoms with van der Waals surface area (Å²) in [5.41, 5.74) is 0.696. The lowest BCUT2D eigenvalue weighted by atomic mass is 10.4. The highest BCUT2D eigenvalue weighted by molar-refractivity contribution is 8.00. The van der Waals surface area contributed by atoms with Gasteiger partial charge in [-0.05, 0) is 38.1 Å². The average molecular weight is 323 g/mol. The Balaban J connectivity index is 1.88. The third kappa shape index (κ3) is 2.98. The van der Waals surface area contributed by atoms with Gasteiger partial charge in [0, 0.05) is 12.6 Å². The summed E-state index contributed by atoms with van der Waals surface area (Å²) in [5, 5.41) is 5.22. The minimum Gasteiger partial charge on any atom is -0.352 e. The van der Waals surface area contributed by atoms with E-state index in [4.69, 9.17) is 0 Å². The van der Waals surface area contributed by atoms with Crippen LogP contribution in [0.2, 0.25) is 0 Å². The molecule has 1 amide bonds. The third-order valence-electron chi connectivity index (χ3n) is 3.42. The molecule has 1 fully saturated rings. The molecule has 1 saturated carbocycles. The first-order chi connectivity index (χ1) is 10.1. The van der Waals surface area contributed by atoms with Gasteiger partial charge in [-0.2, -0.15) is 0 Å². The maximum atomic E-state index is 12.4. The topological polar surface area (TPSA) is 64.0 Å². The van der Waals surface area contributed by atoms with Crippen molar-refractivity contribution in [1.82, 2.24) is 14.9 Å². The highest BCUT2D eigenvalue weighted by Gasteiger charge is 2.27. The Morgan fingerprint density at radius 1 is 1.62 bits per heavy atom. The molecule has 1 unspecified atom stereocenters. The number of carbonyl (C=O) groups excluding carboxylic acids is 1. The van der Waals surface area contributed by atoms with Crippen molar-refractivity contribution >= 4 is 39.2 Å². The van der Waals surface area contributed by atoms with Crippen molar-refractivity contribution in [3.05, 3.63) is 21.8 Å². The van der Waals surface area contributed by atoms with Gasteiger partial charge in [0.2, 0.25) is 5.91 Å². The summed E-state index contributed by atoms with van der Waals surface area (Å²) in [5.74, 6) is 0.0183. The second-order valence-corrected chi connectivity index (χ2v) is 7.35. The summed E-state index contributed by atoms with van der Waals surface area (Å²) in [6.07, 6.45) is 2.14. The van der Waals surface area contributed by atoms with Crippen LogP contribution >= 0.6 is 23.1 Å². The highest BCUT2D eigenvalue weighted by atomic mass is 32.2. The summed E-state index contributed by atoms with van der Waals surface area (Å²) >= 11 is 2.76. The largest absolute Gasteiger partial charge is 0.352 e. The van der Waals surface area contributed by atoms with Gasteiger partial charge >= 0.3 is 0 Å². The quantitative estimate of drug-likeness (QED) is 0.677. The van der Waals surface area contributed by atoms with E-state index in [0.717, 1.165) is 12.8 Å². The number of rotatable bonds is 5. The number of carbonyl (C=O) groups is 1.